The second-order valence-corrected chi connectivity index (χ2v) is 4.80. The molecule has 0 saturated carbocycles. The van der Waals surface area contributed by atoms with Gasteiger partial charge >= 0.3 is 0 Å². The maximum atomic E-state index is 5.78. The maximum absolute atomic E-state index is 5.78. The smallest absolute Gasteiger partial charge is 0.146 e. The van der Waals surface area contributed by atoms with Crippen LogP contribution in [0.15, 0.2) is 65.6 Å². The van der Waals surface area contributed by atoms with E-state index < -0.39 is 0 Å². The Morgan fingerprint density at radius 1 is 0.875 bits per heavy atom. The molecule has 82 valence electrons. The number of hydrogen-bond acceptors (Lipinski definition) is 2. The SMILES string of the molecule is CC(Oc1ccccc1)Sc1ccccc1. The summed E-state index contributed by atoms with van der Waals surface area (Å²) in [5.74, 6) is 0.915. The zero-order valence-corrected chi connectivity index (χ0v) is 9.98. The van der Waals surface area contributed by atoms with Crippen LogP contribution < -0.4 is 4.74 Å². The van der Waals surface area contributed by atoms with Crippen molar-refractivity contribution in [1.29, 1.82) is 0 Å². The van der Waals surface area contributed by atoms with Gasteiger partial charge in [-0.25, -0.2) is 0 Å². The topological polar surface area (TPSA) is 9.23 Å². The van der Waals surface area contributed by atoms with Crippen LogP contribution in [0, 0.1) is 0 Å². The highest BCUT2D eigenvalue weighted by atomic mass is 32.2. The third-order valence-corrected chi connectivity index (χ3v) is 3.06. The molecule has 2 rings (SSSR count). The average Bonchev–Trinajstić information content (AvgIpc) is 2.31. The van der Waals surface area contributed by atoms with Gasteiger partial charge in [-0.2, -0.15) is 0 Å². The van der Waals surface area contributed by atoms with Gasteiger partial charge in [0.1, 0.15) is 11.2 Å². The molecule has 0 aliphatic carbocycles. The summed E-state index contributed by atoms with van der Waals surface area (Å²) in [4.78, 5) is 1.23. The van der Waals surface area contributed by atoms with E-state index >= 15 is 0 Å². The van der Waals surface area contributed by atoms with Crippen LogP contribution in [-0.2, 0) is 0 Å². The molecule has 0 radical (unpaired) electrons. The van der Waals surface area contributed by atoms with E-state index in [9.17, 15) is 0 Å². The van der Waals surface area contributed by atoms with E-state index in [1.165, 1.54) is 4.90 Å². The maximum Gasteiger partial charge on any atom is 0.146 e. The highest BCUT2D eigenvalue weighted by Crippen LogP contribution is 2.25. The molecule has 2 aromatic carbocycles. The van der Waals surface area contributed by atoms with E-state index in [0.29, 0.717) is 0 Å². The molecule has 0 saturated heterocycles. The van der Waals surface area contributed by atoms with Gasteiger partial charge in [0.15, 0.2) is 0 Å². The molecule has 0 heterocycles. The van der Waals surface area contributed by atoms with Gasteiger partial charge in [-0.1, -0.05) is 48.2 Å². The van der Waals surface area contributed by atoms with Crippen LogP contribution in [0.3, 0.4) is 0 Å². The molecule has 16 heavy (non-hydrogen) atoms. The molecule has 0 spiro atoms. The van der Waals surface area contributed by atoms with Crippen molar-refractivity contribution in [1.82, 2.24) is 0 Å². The van der Waals surface area contributed by atoms with Crippen LogP contribution >= 0.6 is 11.8 Å². The van der Waals surface area contributed by atoms with E-state index in [-0.39, 0.29) is 5.44 Å². The zero-order valence-electron chi connectivity index (χ0n) is 9.17. The Morgan fingerprint density at radius 2 is 1.44 bits per heavy atom. The van der Waals surface area contributed by atoms with Gasteiger partial charge in [0.2, 0.25) is 0 Å². The molecule has 0 fully saturated rings. The van der Waals surface area contributed by atoms with Crippen molar-refractivity contribution < 1.29 is 4.74 Å². The Hall–Kier alpha value is -1.41. The fourth-order valence-electron chi connectivity index (χ4n) is 1.41. The molecule has 1 nitrogen and oxygen atoms in total. The van der Waals surface area contributed by atoms with Crippen LogP contribution in [0.4, 0.5) is 0 Å². The molecular formula is C14H14OS. The Morgan fingerprint density at radius 3 is 2.06 bits per heavy atom. The highest BCUT2D eigenvalue weighted by molar-refractivity contribution is 7.99. The minimum Gasteiger partial charge on any atom is -0.480 e. The summed E-state index contributed by atoms with van der Waals surface area (Å²) in [7, 11) is 0. The lowest BCUT2D eigenvalue weighted by atomic mass is 10.3. The van der Waals surface area contributed by atoms with Gasteiger partial charge in [-0.15, -0.1) is 0 Å². The fourth-order valence-corrected chi connectivity index (χ4v) is 2.26. The zero-order chi connectivity index (χ0) is 11.2. The Kier molecular flexibility index (Phi) is 3.89. The van der Waals surface area contributed by atoms with E-state index in [4.69, 9.17) is 4.74 Å². The number of benzene rings is 2. The first kappa shape index (κ1) is 11.1. The summed E-state index contributed by atoms with van der Waals surface area (Å²) in [5.41, 5.74) is 0.116. The van der Waals surface area contributed by atoms with E-state index in [1.807, 2.05) is 48.5 Å². The third kappa shape index (κ3) is 3.31. The van der Waals surface area contributed by atoms with Crippen molar-refractivity contribution in [2.24, 2.45) is 0 Å². The van der Waals surface area contributed by atoms with Crippen LogP contribution in [0.2, 0.25) is 0 Å². The summed E-state index contributed by atoms with van der Waals surface area (Å²) in [6.07, 6.45) is 0. The van der Waals surface area contributed by atoms with Crippen molar-refractivity contribution >= 4 is 11.8 Å². The second-order valence-electron chi connectivity index (χ2n) is 3.43. The van der Waals surface area contributed by atoms with Crippen LogP contribution in [0.1, 0.15) is 6.92 Å². The van der Waals surface area contributed by atoms with Crippen molar-refractivity contribution in [3.05, 3.63) is 60.7 Å². The van der Waals surface area contributed by atoms with Crippen molar-refractivity contribution in [3.8, 4) is 5.75 Å². The molecule has 0 N–H and O–H groups in total. The number of hydrogen-bond donors (Lipinski definition) is 0. The lowest BCUT2D eigenvalue weighted by molar-refractivity contribution is 0.308. The second kappa shape index (κ2) is 5.61. The number of rotatable bonds is 4. The lowest BCUT2D eigenvalue weighted by Gasteiger charge is -2.13. The quantitative estimate of drug-likeness (QED) is 0.575. The largest absolute Gasteiger partial charge is 0.480 e. The average molecular weight is 230 g/mol. The first-order chi connectivity index (χ1) is 7.84. The number of ether oxygens (including phenoxy) is 1. The summed E-state index contributed by atoms with van der Waals surface area (Å²) in [6.45, 7) is 2.06. The standard InChI is InChI=1S/C14H14OS/c1-12(15-13-8-4-2-5-9-13)16-14-10-6-3-7-11-14/h2-12H,1H3. The van der Waals surface area contributed by atoms with Gasteiger partial charge in [0, 0.05) is 4.90 Å². The van der Waals surface area contributed by atoms with Crippen LogP contribution in [0.25, 0.3) is 0 Å². The fraction of sp³-hybridized carbons (Fsp3) is 0.143. The minimum absolute atomic E-state index is 0.116. The number of para-hydroxylation sites is 1. The molecule has 0 aromatic heterocycles. The van der Waals surface area contributed by atoms with E-state index in [0.717, 1.165) is 5.75 Å². The predicted molar refractivity (Wildman–Crippen MR) is 68.8 cm³/mol. The predicted octanol–water partition coefficient (Wildman–Crippen LogP) is 4.20. The first-order valence-corrected chi connectivity index (χ1v) is 6.16. The van der Waals surface area contributed by atoms with E-state index in [1.54, 1.807) is 11.8 Å². The monoisotopic (exact) mass is 230 g/mol. The molecule has 1 atom stereocenters. The minimum atomic E-state index is 0.116. The van der Waals surface area contributed by atoms with Crippen molar-refractivity contribution in [3.63, 3.8) is 0 Å². The van der Waals surface area contributed by atoms with Gasteiger partial charge in [-0.3, -0.25) is 0 Å². The van der Waals surface area contributed by atoms with Crippen molar-refractivity contribution in [2.45, 2.75) is 17.3 Å². The summed E-state index contributed by atoms with van der Waals surface area (Å²) >= 11 is 1.72. The normalized spacial score (nSPS) is 12.1. The van der Waals surface area contributed by atoms with Crippen LogP contribution in [-0.4, -0.2) is 5.44 Å². The summed E-state index contributed by atoms with van der Waals surface area (Å²) < 4.78 is 5.78. The molecule has 0 aliphatic heterocycles. The molecule has 2 aromatic rings. The van der Waals surface area contributed by atoms with Gasteiger partial charge in [0.25, 0.3) is 0 Å². The molecular weight excluding hydrogens is 216 g/mol. The summed E-state index contributed by atoms with van der Waals surface area (Å²) in [5, 5.41) is 0. The molecule has 1 unspecified atom stereocenters. The highest BCUT2D eigenvalue weighted by Gasteiger charge is 2.04. The molecule has 0 aliphatic rings. The number of thioether (sulfide) groups is 1. The Labute approximate surface area is 100 Å². The van der Waals surface area contributed by atoms with Crippen molar-refractivity contribution in [2.75, 3.05) is 0 Å². The molecule has 0 amide bonds. The van der Waals surface area contributed by atoms with Gasteiger partial charge in [-0.05, 0) is 31.2 Å². The van der Waals surface area contributed by atoms with Crippen LogP contribution in [0.5, 0.6) is 5.75 Å². The van der Waals surface area contributed by atoms with E-state index in [2.05, 4.69) is 19.1 Å². The first-order valence-electron chi connectivity index (χ1n) is 5.28. The molecule has 2 heteroatoms. The Balaban J connectivity index is 1.92. The Bertz CT molecular complexity index is 372. The molecule has 0 bridgehead atoms. The lowest BCUT2D eigenvalue weighted by Crippen LogP contribution is -2.06. The van der Waals surface area contributed by atoms with Gasteiger partial charge in [0.05, 0.1) is 0 Å². The summed E-state index contributed by atoms with van der Waals surface area (Å²) in [6, 6.07) is 20.2. The van der Waals surface area contributed by atoms with Gasteiger partial charge < -0.3 is 4.74 Å². The third-order valence-electron chi connectivity index (χ3n) is 2.09.